The number of hydrogen-bond donors (Lipinski definition) is 2. The second-order valence-electron chi connectivity index (χ2n) is 7.32. The highest BCUT2D eigenvalue weighted by Gasteiger charge is 2.43. The van der Waals surface area contributed by atoms with Crippen molar-refractivity contribution in [1.82, 2.24) is 4.90 Å². The van der Waals surface area contributed by atoms with Crippen molar-refractivity contribution in [1.29, 1.82) is 0 Å². The number of para-hydroxylation sites is 1. The molecule has 0 unspecified atom stereocenters. The Morgan fingerprint density at radius 1 is 1.22 bits per heavy atom. The van der Waals surface area contributed by atoms with Gasteiger partial charge in [-0.25, -0.2) is 0 Å². The van der Waals surface area contributed by atoms with Crippen LogP contribution in [-0.4, -0.2) is 35.6 Å². The van der Waals surface area contributed by atoms with E-state index in [4.69, 9.17) is 10.5 Å². The molecule has 2 aromatic rings. The lowest BCUT2D eigenvalue weighted by atomic mass is 9.74. The number of carbonyl (C=O) groups excluding carboxylic acids is 1. The van der Waals surface area contributed by atoms with Crippen LogP contribution < -0.4 is 10.5 Å². The molecule has 0 atom stereocenters. The Kier molecular flexibility index (Phi) is 4.62. The zero-order valence-corrected chi connectivity index (χ0v) is 15.2. The van der Waals surface area contributed by atoms with E-state index >= 15 is 0 Å². The van der Waals surface area contributed by atoms with Gasteiger partial charge in [0.2, 0.25) is 5.91 Å². The number of benzene rings is 2. The van der Waals surface area contributed by atoms with Gasteiger partial charge in [0.25, 0.3) is 0 Å². The summed E-state index contributed by atoms with van der Waals surface area (Å²) >= 11 is 0. The fraction of sp³-hybridized carbons (Fsp3) is 0.318. The maximum absolute atomic E-state index is 12.5. The van der Waals surface area contributed by atoms with E-state index in [1.807, 2.05) is 23.1 Å². The van der Waals surface area contributed by atoms with E-state index in [0.29, 0.717) is 31.8 Å². The van der Waals surface area contributed by atoms with Gasteiger partial charge in [-0.05, 0) is 36.6 Å². The molecule has 0 bridgehead atoms. The maximum atomic E-state index is 12.5. The molecule has 2 heterocycles. The monoisotopic (exact) mass is 364 g/mol. The van der Waals surface area contributed by atoms with Crippen LogP contribution in [0.2, 0.25) is 0 Å². The van der Waals surface area contributed by atoms with Crippen molar-refractivity contribution in [3.05, 3.63) is 65.2 Å². The van der Waals surface area contributed by atoms with Crippen molar-refractivity contribution in [3.63, 3.8) is 0 Å². The van der Waals surface area contributed by atoms with E-state index in [-0.39, 0.29) is 17.1 Å². The van der Waals surface area contributed by atoms with Crippen LogP contribution in [0.1, 0.15) is 29.5 Å². The Labute approximate surface area is 159 Å². The van der Waals surface area contributed by atoms with Crippen LogP contribution in [0.3, 0.4) is 0 Å². The SMILES string of the molecule is NCc1ccc2c(c1)C1(CCN(C(=O)/C=C/c3ccccc3O)CC1)CO2. The number of phenolic OH excluding ortho intramolecular Hbond substituents is 1. The third-order valence-electron chi connectivity index (χ3n) is 5.73. The predicted molar refractivity (Wildman–Crippen MR) is 104 cm³/mol. The number of phenols is 1. The zero-order valence-electron chi connectivity index (χ0n) is 15.2. The van der Waals surface area contributed by atoms with Gasteiger partial charge in [-0.15, -0.1) is 0 Å². The topological polar surface area (TPSA) is 75.8 Å². The van der Waals surface area contributed by atoms with Gasteiger partial charge in [-0.1, -0.05) is 30.3 Å². The first-order valence-electron chi connectivity index (χ1n) is 9.33. The third kappa shape index (κ3) is 3.30. The summed E-state index contributed by atoms with van der Waals surface area (Å²) in [6.45, 7) is 2.58. The van der Waals surface area contributed by atoms with E-state index < -0.39 is 0 Å². The molecule has 5 nitrogen and oxygen atoms in total. The highest BCUT2D eigenvalue weighted by Crippen LogP contribution is 2.45. The maximum Gasteiger partial charge on any atom is 0.246 e. The Hall–Kier alpha value is -2.79. The molecule has 4 rings (SSSR count). The summed E-state index contributed by atoms with van der Waals surface area (Å²) in [5, 5.41) is 9.81. The smallest absolute Gasteiger partial charge is 0.246 e. The van der Waals surface area contributed by atoms with Crippen LogP contribution >= 0.6 is 0 Å². The number of amides is 1. The number of nitrogens with zero attached hydrogens (tertiary/aromatic N) is 1. The molecule has 2 aliphatic heterocycles. The lowest BCUT2D eigenvalue weighted by Gasteiger charge is -2.38. The molecule has 1 fully saturated rings. The standard InChI is InChI=1S/C22H24N2O3/c23-14-16-5-7-20-18(13-16)22(15-27-20)9-11-24(12-10-22)21(26)8-6-17-3-1-2-4-19(17)25/h1-8,13,25H,9-12,14-15,23H2/b8-6+. The minimum Gasteiger partial charge on any atom is -0.507 e. The number of likely N-dealkylation sites (tertiary alicyclic amines) is 1. The lowest BCUT2D eigenvalue weighted by Crippen LogP contribution is -2.45. The van der Waals surface area contributed by atoms with Crippen molar-refractivity contribution in [2.24, 2.45) is 5.73 Å². The largest absolute Gasteiger partial charge is 0.507 e. The summed E-state index contributed by atoms with van der Waals surface area (Å²) in [6.07, 6.45) is 4.97. The Balaban J connectivity index is 1.44. The molecular formula is C22H24N2O3. The van der Waals surface area contributed by atoms with Gasteiger partial charge < -0.3 is 20.5 Å². The van der Waals surface area contributed by atoms with Crippen molar-refractivity contribution in [3.8, 4) is 11.5 Å². The second-order valence-corrected chi connectivity index (χ2v) is 7.32. The molecule has 2 aliphatic rings. The van der Waals surface area contributed by atoms with Crippen molar-refractivity contribution in [2.75, 3.05) is 19.7 Å². The summed E-state index contributed by atoms with van der Waals surface area (Å²) in [5.74, 6) is 1.10. The van der Waals surface area contributed by atoms with E-state index in [0.717, 1.165) is 24.2 Å². The first-order valence-corrected chi connectivity index (χ1v) is 9.33. The quantitative estimate of drug-likeness (QED) is 0.821. The van der Waals surface area contributed by atoms with E-state index in [2.05, 4.69) is 6.07 Å². The van der Waals surface area contributed by atoms with E-state index in [1.54, 1.807) is 30.4 Å². The summed E-state index contributed by atoms with van der Waals surface area (Å²) < 4.78 is 5.92. The molecule has 1 saturated heterocycles. The fourth-order valence-electron chi connectivity index (χ4n) is 4.00. The average Bonchev–Trinajstić information content (AvgIpc) is 3.05. The van der Waals surface area contributed by atoms with Crippen LogP contribution in [0.4, 0.5) is 0 Å². The molecule has 0 radical (unpaired) electrons. The Morgan fingerprint density at radius 3 is 2.74 bits per heavy atom. The van der Waals surface area contributed by atoms with Gasteiger partial charge in [-0.2, -0.15) is 0 Å². The summed E-state index contributed by atoms with van der Waals surface area (Å²) in [7, 11) is 0. The summed E-state index contributed by atoms with van der Waals surface area (Å²) in [6, 6.07) is 13.2. The summed E-state index contributed by atoms with van der Waals surface area (Å²) in [4.78, 5) is 14.4. The van der Waals surface area contributed by atoms with Gasteiger partial charge >= 0.3 is 0 Å². The van der Waals surface area contributed by atoms with Crippen LogP contribution in [-0.2, 0) is 16.8 Å². The third-order valence-corrected chi connectivity index (χ3v) is 5.73. The van der Waals surface area contributed by atoms with Gasteiger partial charge in [0.05, 0.1) is 6.61 Å². The molecule has 1 amide bonds. The van der Waals surface area contributed by atoms with Crippen LogP contribution in [0.25, 0.3) is 6.08 Å². The molecule has 140 valence electrons. The molecule has 0 aliphatic carbocycles. The molecule has 0 saturated carbocycles. The Morgan fingerprint density at radius 2 is 2.00 bits per heavy atom. The average molecular weight is 364 g/mol. The molecule has 3 N–H and O–H groups in total. The fourth-order valence-corrected chi connectivity index (χ4v) is 4.00. The molecular weight excluding hydrogens is 340 g/mol. The van der Waals surface area contributed by atoms with Gasteiger partial charge in [0.15, 0.2) is 0 Å². The lowest BCUT2D eigenvalue weighted by molar-refractivity contribution is -0.127. The Bertz CT molecular complexity index is 883. The minimum absolute atomic E-state index is 0.0152. The molecule has 2 aromatic carbocycles. The summed E-state index contributed by atoms with van der Waals surface area (Å²) in [5.41, 5.74) is 8.78. The predicted octanol–water partition coefficient (Wildman–Crippen LogP) is 2.82. The molecule has 27 heavy (non-hydrogen) atoms. The first kappa shape index (κ1) is 17.6. The van der Waals surface area contributed by atoms with Gasteiger partial charge in [0, 0.05) is 42.3 Å². The van der Waals surface area contributed by atoms with Gasteiger partial charge in [0.1, 0.15) is 11.5 Å². The van der Waals surface area contributed by atoms with Crippen molar-refractivity contribution in [2.45, 2.75) is 24.8 Å². The number of ether oxygens (including phenoxy) is 1. The number of carbonyl (C=O) groups is 1. The number of piperidine rings is 1. The van der Waals surface area contributed by atoms with Crippen LogP contribution in [0.5, 0.6) is 11.5 Å². The van der Waals surface area contributed by atoms with Crippen molar-refractivity contribution >= 4 is 12.0 Å². The normalized spacial score (nSPS) is 17.9. The second kappa shape index (κ2) is 7.08. The number of nitrogens with two attached hydrogens (primary N) is 1. The number of aromatic hydroxyl groups is 1. The van der Waals surface area contributed by atoms with E-state index in [9.17, 15) is 9.90 Å². The number of rotatable bonds is 3. The zero-order chi connectivity index (χ0) is 18.9. The number of hydrogen-bond acceptors (Lipinski definition) is 4. The van der Waals surface area contributed by atoms with Gasteiger partial charge in [-0.3, -0.25) is 4.79 Å². The van der Waals surface area contributed by atoms with Crippen LogP contribution in [0, 0.1) is 0 Å². The molecule has 0 aromatic heterocycles. The molecule has 5 heteroatoms. The highest BCUT2D eigenvalue weighted by atomic mass is 16.5. The highest BCUT2D eigenvalue weighted by molar-refractivity contribution is 5.92. The molecule has 1 spiro atoms. The first-order chi connectivity index (χ1) is 13.1. The van der Waals surface area contributed by atoms with E-state index in [1.165, 1.54) is 5.56 Å². The van der Waals surface area contributed by atoms with Crippen LogP contribution in [0.15, 0.2) is 48.5 Å². The van der Waals surface area contributed by atoms with Crippen molar-refractivity contribution < 1.29 is 14.6 Å². The number of fused-ring (bicyclic) bond motifs is 2. The minimum atomic E-state index is -0.0250.